The van der Waals surface area contributed by atoms with Crippen LogP contribution in [0.25, 0.3) is 0 Å². The normalized spacial score (nSPS) is 16.6. The van der Waals surface area contributed by atoms with E-state index in [0.29, 0.717) is 13.0 Å². The summed E-state index contributed by atoms with van der Waals surface area (Å²) in [7, 11) is -7.60. The van der Waals surface area contributed by atoms with Gasteiger partial charge in [-0.1, -0.05) is 6.92 Å². The highest BCUT2D eigenvalue weighted by Gasteiger charge is 2.37. The molecule has 1 aromatic carbocycles. The average Bonchev–Trinajstić information content (AvgIpc) is 3.07. The molecule has 0 atom stereocenters. The Hall–Kier alpha value is -2.53. The zero-order valence-electron chi connectivity index (χ0n) is 16.8. The molecule has 0 N–H and O–H groups in total. The maximum Gasteiger partial charge on any atom is 0.312 e. The van der Waals surface area contributed by atoms with Gasteiger partial charge in [0, 0.05) is 18.5 Å². The molecule has 2 heterocycles. The van der Waals surface area contributed by atoms with Crippen molar-refractivity contribution in [3.05, 3.63) is 35.0 Å². The van der Waals surface area contributed by atoms with Gasteiger partial charge in [-0.3, -0.25) is 9.59 Å². The summed E-state index contributed by atoms with van der Waals surface area (Å²) in [5.74, 6) is -2.16. The Morgan fingerprint density at radius 2 is 1.73 bits per heavy atom. The molecule has 0 fully saturated rings. The molecule has 0 saturated carbocycles. The summed E-state index contributed by atoms with van der Waals surface area (Å²) < 4.78 is 56.5. The molecule has 0 radical (unpaired) electrons. The van der Waals surface area contributed by atoms with E-state index in [1.807, 2.05) is 6.92 Å². The zero-order chi connectivity index (χ0) is 22.3. The molecular formula is C19H22N2O7S2. The van der Waals surface area contributed by atoms with E-state index in [9.17, 15) is 26.4 Å². The Morgan fingerprint density at radius 1 is 1.07 bits per heavy atom. The van der Waals surface area contributed by atoms with Gasteiger partial charge in [0.05, 0.1) is 27.5 Å². The molecule has 9 nitrogen and oxygen atoms in total. The van der Waals surface area contributed by atoms with Crippen molar-refractivity contribution in [1.82, 2.24) is 9.78 Å². The maximum atomic E-state index is 13.2. The molecule has 0 spiro atoms. The van der Waals surface area contributed by atoms with Crippen molar-refractivity contribution < 1.29 is 31.2 Å². The van der Waals surface area contributed by atoms with Gasteiger partial charge < -0.3 is 4.74 Å². The third-order valence-electron chi connectivity index (χ3n) is 4.88. The summed E-state index contributed by atoms with van der Waals surface area (Å²) in [5, 5.41) is 4.07. The van der Waals surface area contributed by atoms with E-state index in [2.05, 4.69) is 5.10 Å². The third kappa shape index (κ3) is 3.79. The van der Waals surface area contributed by atoms with Crippen LogP contribution in [0, 0.1) is 6.92 Å². The number of ether oxygens (including phenoxy) is 1. The molecule has 2 aromatic rings. The van der Waals surface area contributed by atoms with Crippen molar-refractivity contribution in [3.8, 4) is 5.88 Å². The van der Waals surface area contributed by atoms with Crippen LogP contribution in [-0.2, 0) is 31.0 Å². The first kappa shape index (κ1) is 22.2. The van der Waals surface area contributed by atoms with Gasteiger partial charge in [-0.15, -0.1) is 0 Å². The first-order valence-corrected chi connectivity index (χ1v) is 12.7. The van der Waals surface area contributed by atoms with Crippen LogP contribution in [0.5, 0.6) is 5.88 Å². The highest BCUT2D eigenvalue weighted by atomic mass is 32.2. The standard InChI is InChI=1S/C19H22N2O7S2/c1-4-6-16(22)28-19-14(11-20-21(19)5-2)17(23)13-7-8-15-18(12(13)3)30(26,27)10-9-29(15,24)25/h7-8,11H,4-6,9-10H2,1-3H3. The number of aromatic nitrogens is 2. The first-order chi connectivity index (χ1) is 14.0. The van der Waals surface area contributed by atoms with Gasteiger partial charge in [0.25, 0.3) is 0 Å². The Bertz CT molecular complexity index is 1240. The lowest BCUT2D eigenvalue weighted by Gasteiger charge is -2.20. The van der Waals surface area contributed by atoms with Crippen LogP contribution in [0.4, 0.5) is 0 Å². The van der Waals surface area contributed by atoms with Gasteiger partial charge in [0.1, 0.15) is 5.56 Å². The van der Waals surface area contributed by atoms with E-state index in [4.69, 9.17) is 4.74 Å². The van der Waals surface area contributed by atoms with E-state index in [0.717, 1.165) is 6.07 Å². The number of esters is 1. The fraction of sp³-hybridized carbons (Fsp3) is 0.421. The SMILES string of the molecule is CCCC(=O)Oc1c(C(=O)c2ccc3c(c2C)S(=O)(=O)CCS3(=O)=O)cnn1CC. The molecule has 1 aliphatic heterocycles. The van der Waals surface area contributed by atoms with Crippen LogP contribution in [-0.4, -0.2) is 49.9 Å². The number of nitrogens with zero attached hydrogens (tertiary/aromatic N) is 2. The third-order valence-corrected chi connectivity index (χ3v) is 8.91. The van der Waals surface area contributed by atoms with E-state index in [-0.39, 0.29) is 38.8 Å². The first-order valence-electron chi connectivity index (χ1n) is 9.43. The van der Waals surface area contributed by atoms with Crippen LogP contribution in [0.2, 0.25) is 0 Å². The molecule has 0 unspecified atom stereocenters. The van der Waals surface area contributed by atoms with Crippen molar-refractivity contribution in [2.24, 2.45) is 0 Å². The van der Waals surface area contributed by atoms with Crippen LogP contribution in [0.3, 0.4) is 0 Å². The fourth-order valence-electron chi connectivity index (χ4n) is 3.35. The summed E-state index contributed by atoms with van der Waals surface area (Å²) in [6, 6.07) is 2.43. The van der Waals surface area contributed by atoms with Gasteiger partial charge >= 0.3 is 5.97 Å². The molecule has 0 saturated heterocycles. The number of rotatable bonds is 6. The minimum absolute atomic E-state index is 0.000387. The Balaban J connectivity index is 2.14. The monoisotopic (exact) mass is 454 g/mol. The van der Waals surface area contributed by atoms with Crippen molar-refractivity contribution in [3.63, 3.8) is 0 Å². The number of benzene rings is 1. The summed E-state index contributed by atoms with van der Waals surface area (Å²) in [6.45, 7) is 5.32. The molecule has 1 aromatic heterocycles. The molecule has 0 aliphatic carbocycles. The molecular weight excluding hydrogens is 432 g/mol. The molecule has 162 valence electrons. The van der Waals surface area contributed by atoms with E-state index in [1.54, 1.807) is 6.92 Å². The number of hydrogen-bond donors (Lipinski definition) is 0. The molecule has 30 heavy (non-hydrogen) atoms. The lowest BCUT2D eigenvalue weighted by atomic mass is 10.0. The summed E-state index contributed by atoms with van der Waals surface area (Å²) in [6.07, 6.45) is 1.99. The minimum Gasteiger partial charge on any atom is -0.407 e. The van der Waals surface area contributed by atoms with Crippen LogP contribution in [0.1, 0.15) is 48.2 Å². The molecule has 0 bridgehead atoms. The number of aryl methyl sites for hydroxylation is 1. The lowest BCUT2D eigenvalue weighted by Crippen LogP contribution is -2.27. The topological polar surface area (TPSA) is 129 Å². The van der Waals surface area contributed by atoms with Crippen molar-refractivity contribution >= 4 is 31.4 Å². The van der Waals surface area contributed by atoms with Crippen LogP contribution in [0.15, 0.2) is 28.1 Å². The largest absolute Gasteiger partial charge is 0.407 e. The summed E-state index contributed by atoms with van der Waals surface area (Å²) in [5.41, 5.74) is 0.0640. The van der Waals surface area contributed by atoms with E-state index < -0.39 is 42.9 Å². The molecule has 1 aliphatic rings. The molecule has 0 amide bonds. The smallest absolute Gasteiger partial charge is 0.312 e. The van der Waals surface area contributed by atoms with Gasteiger partial charge in [0.2, 0.25) is 5.88 Å². The van der Waals surface area contributed by atoms with Gasteiger partial charge in [-0.05, 0) is 38.0 Å². The Labute approximate surface area is 174 Å². The predicted molar refractivity (Wildman–Crippen MR) is 107 cm³/mol. The van der Waals surface area contributed by atoms with E-state index >= 15 is 0 Å². The second-order valence-corrected chi connectivity index (χ2v) is 11.1. The summed E-state index contributed by atoms with van der Waals surface area (Å²) in [4.78, 5) is 24.6. The number of sulfone groups is 2. The predicted octanol–water partition coefficient (Wildman–Crippen LogP) is 1.71. The van der Waals surface area contributed by atoms with Gasteiger partial charge in [-0.2, -0.15) is 5.10 Å². The lowest BCUT2D eigenvalue weighted by molar-refractivity contribution is -0.134. The Kier molecular flexibility index (Phi) is 5.87. The van der Waals surface area contributed by atoms with Crippen molar-refractivity contribution in [2.45, 2.75) is 49.9 Å². The Morgan fingerprint density at radius 3 is 2.37 bits per heavy atom. The quantitative estimate of drug-likeness (QED) is 0.476. The minimum atomic E-state index is -3.86. The van der Waals surface area contributed by atoms with Gasteiger partial charge in [0.15, 0.2) is 25.5 Å². The molecule has 3 rings (SSSR count). The number of carbonyl (C=O) groups excluding carboxylic acids is 2. The summed E-state index contributed by atoms with van der Waals surface area (Å²) >= 11 is 0. The highest BCUT2D eigenvalue weighted by molar-refractivity contribution is 7.98. The number of fused-ring (bicyclic) bond motifs is 1. The maximum absolute atomic E-state index is 13.2. The van der Waals surface area contributed by atoms with Crippen molar-refractivity contribution in [2.75, 3.05) is 11.5 Å². The molecule has 11 heteroatoms. The second kappa shape index (κ2) is 7.95. The van der Waals surface area contributed by atoms with Crippen LogP contribution < -0.4 is 4.74 Å². The fourth-order valence-corrected chi connectivity index (χ4v) is 7.95. The van der Waals surface area contributed by atoms with Gasteiger partial charge in [-0.25, -0.2) is 21.5 Å². The second-order valence-electron chi connectivity index (χ2n) is 6.94. The highest BCUT2D eigenvalue weighted by Crippen LogP contribution is 2.34. The number of carbonyl (C=O) groups is 2. The number of hydrogen-bond acceptors (Lipinski definition) is 8. The van der Waals surface area contributed by atoms with Crippen LogP contribution >= 0.6 is 0 Å². The zero-order valence-corrected chi connectivity index (χ0v) is 18.5. The number of ketones is 1. The van der Waals surface area contributed by atoms with Crippen molar-refractivity contribution in [1.29, 1.82) is 0 Å². The van der Waals surface area contributed by atoms with E-state index in [1.165, 1.54) is 23.9 Å². The average molecular weight is 455 g/mol.